The molecule has 1 N–H and O–H groups in total. The molecular formula is C13H21BrN2O2. The zero-order valence-corrected chi connectivity index (χ0v) is 13.0. The van der Waals surface area contributed by atoms with Crippen LogP contribution in [0.3, 0.4) is 0 Å². The van der Waals surface area contributed by atoms with E-state index in [1.165, 1.54) is 0 Å². The molecule has 0 radical (unpaired) electrons. The molecule has 5 heteroatoms. The quantitative estimate of drug-likeness (QED) is 0.876. The average molecular weight is 317 g/mol. The van der Waals surface area contributed by atoms with E-state index in [9.17, 15) is 4.79 Å². The fraction of sp³-hybridized carbons (Fsp3) is 0.692. The molecule has 0 aliphatic carbocycles. The minimum atomic E-state index is -0.161. The maximum atomic E-state index is 11.9. The summed E-state index contributed by atoms with van der Waals surface area (Å²) in [4.78, 5) is 19.2. The van der Waals surface area contributed by atoms with Gasteiger partial charge in [0.25, 0.3) is 5.56 Å². The summed E-state index contributed by atoms with van der Waals surface area (Å²) < 4.78 is 6.20. The van der Waals surface area contributed by atoms with Crippen LogP contribution in [0, 0.1) is 5.92 Å². The third-order valence-electron chi connectivity index (χ3n) is 2.66. The number of aryl methyl sites for hydroxylation is 1. The van der Waals surface area contributed by atoms with Crippen LogP contribution in [0.5, 0.6) is 0 Å². The van der Waals surface area contributed by atoms with Crippen molar-refractivity contribution in [3.63, 3.8) is 0 Å². The first kappa shape index (κ1) is 15.4. The Morgan fingerprint density at radius 1 is 1.39 bits per heavy atom. The van der Waals surface area contributed by atoms with E-state index in [1.807, 2.05) is 6.92 Å². The molecule has 1 aromatic heterocycles. The van der Waals surface area contributed by atoms with E-state index in [0.717, 1.165) is 18.5 Å². The van der Waals surface area contributed by atoms with Gasteiger partial charge in [-0.1, -0.05) is 27.2 Å². The number of ether oxygens (including phenoxy) is 1. The van der Waals surface area contributed by atoms with Gasteiger partial charge < -0.3 is 9.72 Å². The summed E-state index contributed by atoms with van der Waals surface area (Å²) in [6, 6.07) is 0. The van der Waals surface area contributed by atoms with Crippen molar-refractivity contribution >= 4 is 15.9 Å². The van der Waals surface area contributed by atoms with Crippen LogP contribution in [0.25, 0.3) is 0 Å². The zero-order chi connectivity index (χ0) is 13.7. The largest absolute Gasteiger partial charge is 0.370 e. The lowest BCUT2D eigenvalue weighted by molar-refractivity contribution is 0.0228. The minimum Gasteiger partial charge on any atom is -0.370 e. The number of H-pyrrole nitrogens is 1. The van der Waals surface area contributed by atoms with Crippen LogP contribution in [0.15, 0.2) is 9.27 Å². The van der Waals surface area contributed by atoms with Crippen molar-refractivity contribution in [3.8, 4) is 0 Å². The number of rotatable bonds is 6. The van der Waals surface area contributed by atoms with Crippen molar-refractivity contribution in [2.75, 3.05) is 6.61 Å². The van der Waals surface area contributed by atoms with Crippen molar-refractivity contribution < 1.29 is 4.74 Å². The maximum Gasteiger partial charge on any atom is 0.265 e. The molecular weight excluding hydrogens is 296 g/mol. The van der Waals surface area contributed by atoms with Gasteiger partial charge in [0, 0.05) is 6.61 Å². The molecule has 0 fully saturated rings. The molecule has 0 aromatic carbocycles. The number of nitrogens with zero attached hydrogens (tertiary/aromatic N) is 1. The molecule has 1 heterocycles. The maximum absolute atomic E-state index is 11.9. The molecule has 1 atom stereocenters. The van der Waals surface area contributed by atoms with Gasteiger partial charge in [0.05, 0.1) is 5.69 Å². The zero-order valence-electron chi connectivity index (χ0n) is 11.4. The van der Waals surface area contributed by atoms with Gasteiger partial charge in [-0.2, -0.15) is 0 Å². The van der Waals surface area contributed by atoms with Crippen molar-refractivity contribution in [1.29, 1.82) is 0 Å². The van der Waals surface area contributed by atoms with Crippen LogP contribution in [0.2, 0.25) is 0 Å². The molecule has 0 spiro atoms. The average Bonchev–Trinajstić information content (AvgIpc) is 2.31. The molecule has 1 rings (SSSR count). The van der Waals surface area contributed by atoms with Crippen LogP contribution >= 0.6 is 15.9 Å². The Hall–Kier alpha value is -0.680. The lowest BCUT2D eigenvalue weighted by Crippen LogP contribution is -2.22. The SMILES string of the molecule is CCCc1nc(C(OCC)C(C)C)[nH]c(=O)c1Br. The Morgan fingerprint density at radius 2 is 2.06 bits per heavy atom. The first-order valence-electron chi connectivity index (χ1n) is 6.41. The Kier molecular flexibility index (Phi) is 6.02. The first-order chi connectivity index (χ1) is 8.51. The van der Waals surface area contributed by atoms with Crippen LogP contribution < -0.4 is 5.56 Å². The van der Waals surface area contributed by atoms with Crippen molar-refractivity contribution in [2.24, 2.45) is 5.92 Å². The summed E-state index contributed by atoms with van der Waals surface area (Å²) >= 11 is 3.29. The molecule has 18 heavy (non-hydrogen) atoms. The van der Waals surface area contributed by atoms with E-state index >= 15 is 0 Å². The molecule has 0 saturated heterocycles. The standard InChI is InChI=1S/C13H21BrN2O2/c1-5-7-9-10(14)13(17)16-12(15-9)11(8(3)4)18-6-2/h8,11H,5-7H2,1-4H3,(H,15,16,17). The molecule has 1 unspecified atom stereocenters. The van der Waals surface area contributed by atoms with Gasteiger partial charge in [-0.05, 0) is 35.2 Å². The van der Waals surface area contributed by atoms with Crippen LogP contribution in [0.1, 0.15) is 51.7 Å². The molecule has 102 valence electrons. The minimum absolute atomic E-state index is 0.131. The topological polar surface area (TPSA) is 55.0 Å². The third kappa shape index (κ3) is 3.65. The summed E-state index contributed by atoms with van der Waals surface area (Å²) in [6.07, 6.45) is 1.58. The number of aromatic amines is 1. The fourth-order valence-corrected chi connectivity index (χ4v) is 2.21. The summed E-state index contributed by atoms with van der Waals surface area (Å²) in [5, 5.41) is 0. The van der Waals surface area contributed by atoms with E-state index in [-0.39, 0.29) is 17.6 Å². The van der Waals surface area contributed by atoms with Crippen molar-refractivity contribution in [2.45, 2.75) is 46.6 Å². The molecule has 0 bridgehead atoms. The van der Waals surface area contributed by atoms with Crippen LogP contribution in [-0.2, 0) is 11.2 Å². The van der Waals surface area contributed by atoms with Crippen LogP contribution in [-0.4, -0.2) is 16.6 Å². The van der Waals surface area contributed by atoms with Gasteiger partial charge in [0.1, 0.15) is 16.4 Å². The summed E-state index contributed by atoms with van der Waals surface area (Å²) in [5.41, 5.74) is 0.676. The normalized spacial score (nSPS) is 13.0. The monoisotopic (exact) mass is 316 g/mol. The van der Waals surface area contributed by atoms with Gasteiger partial charge in [-0.15, -0.1) is 0 Å². The van der Waals surface area contributed by atoms with Gasteiger partial charge in [-0.3, -0.25) is 4.79 Å². The second-order valence-electron chi connectivity index (χ2n) is 4.58. The highest BCUT2D eigenvalue weighted by Gasteiger charge is 2.20. The molecule has 4 nitrogen and oxygen atoms in total. The summed E-state index contributed by atoms with van der Waals surface area (Å²) in [7, 11) is 0. The van der Waals surface area contributed by atoms with E-state index in [2.05, 4.69) is 46.7 Å². The fourth-order valence-electron chi connectivity index (χ4n) is 1.83. The number of halogens is 1. The molecule has 0 saturated carbocycles. The van der Waals surface area contributed by atoms with Gasteiger partial charge in [-0.25, -0.2) is 4.98 Å². The molecule has 0 aliphatic heterocycles. The lowest BCUT2D eigenvalue weighted by atomic mass is 10.1. The lowest BCUT2D eigenvalue weighted by Gasteiger charge is -2.20. The summed E-state index contributed by atoms with van der Waals surface area (Å²) in [6.45, 7) is 8.73. The Labute approximate surface area is 116 Å². The van der Waals surface area contributed by atoms with Gasteiger partial charge >= 0.3 is 0 Å². The molecule has 0 aliphatic rings. The van der Waals surface area contributed by atoms with Crippen molar-refractivity contribution in [1.82, 2.24) is 9.97 Å². The summed E-state index contributed by atoms with van der Waals surface area (Å²) in [5.74, 6) is 0.896. The Balaban J connectivity index is 3.19. The highest BCUT2D eigenvalue weighted by Crippen LogP contribution is 2.23. The van der Waals surface area contributed by atoms with Crippen molar-refractivity contribution in [3.05, 3.63) is 26.3 Å². The predicted octanol–water partition coefficient (Wildman–Crippen LogP) is 3.22. The van der Waals surface area contributed by atoms with Gasteiger partial charge in [0.2, 0.25) is 0 Å². The second kappa shape index (κ2) is 7.04. The highest BCUT2D eigenvalue weighted by molar-refractivity contribution is 9.10. The number of hydrogen-bond acceptors (Lipinski definition) is 3. The highest BCUT2D eigenvalue weighted by atomic mass is 79.9. The number of nitrogens with one attached hydrogen (secondary N) is 1. The molecule has 1 aromatic rings. The first-order valence-corrected chi connectivity index (χ1v) is 7.20. The number of hydrogen-bond donors (Lipinski definition) is 1. The predicted molar refractivity (Wildman–Crippen MR) is 75.8 cm³/mol. The van der Waals surface area contributed by atoms with E-state index in [4.69, 9.17) is 4.74 Å². The van der Waals surface area contributed by atoms with E-state index in [1.54, 1.807) is 0 Å². The molecule has 0 amide bonds. The Bertz CT molecular complexity index is 443. The van der Waals surface area contributed by atoms with E-state index in [0.29, 0.717) is 16.9 Å². The number of aromatic nitrogens is 2. The van der Waals surface area contributed by atoms with Gasteiger partial charge in [0.15, 0.2) is 0 Å². The van der Waals surface area contributed by atoms with E-state index < -0.39 is 0 Å². The second-order valence-corrected chi connectivity index (χ2v) is 5.37. The van der Waals surface area contributed by atoms with Crippen LogP contribution in [0.4, 0.5) is 0 Å². The third-order valence-corrected chi connectivity index (χ3v) is 3.48. The Morgan fingerprint density at radius 3 is 2.56 bits per heavy atom. The smallest absolute Gasteiger partial charge is 0.265 e.